The molecule has 0 amide bonds. The van der Waals surface area contributed by atoms with Gasteiger partial charge in [-0.3, -0.25) is 20.2 Å². The number of rotatable bonds is 10. The van der Waals surface area contributed by atoms with Crippen molar-refractivity contribution in [2.24, 2.45) is 0 Å². The normalized spacial score (nSPS) is 18.5. The molecule has 0 aromatic heterocycles. The Labute approximate surface area is 263 Å². The molecule has 0 radical (unpaired) electrons. The van der Waals surface area contributed by atoms with Crippen molar-refractivity contribution in [3.8, 4) is 11.5 Å². The van der Waals surface area contributed by atoms with E-state index in [1.54, 1.807) is 0 Å². The van der Waals surface area contributed by atoms with Crippen molar-refractivity contribution in [2.45, 2.75) is 120 Å². The van der Waals surface area contributed by atoms with Gasteiger partial charge in [-0.25, -0.2) is 13.1 Å². The minimum atomic E-state index is -4.29. The Hall–Kier alpha value is -2.82. The van der Waals surface area contributed by atoms with Crippen LogP contribution in [0.2, 0.25) is 36.3 Å². The molecule has 11 nitrogen and oxygen atoms in total. The number of nitro groups is 2. The van der Waals surface area contributed by atoms with Crippen molar-refractivity contribution >= 4 is 38.0 Å². The van der Waals surface area contributed by atoms with Gasteiger partial charge in [0.15, 0.2) is 4.90 Å². The Morgan fingerprint density at radius 3 is 1.84 bits per heavy atom. The quantitative estimate of drug-likeness (QED) is 0.151. The molecule has 44 heavy (non-hydrogen) atoms. The average Bonchev–Trinajstić information content (AvgIpc) is 2.87. The molecule has 244 valence electrons. The highest BCUT2D eigenvalue weighted by molar-refractivity contribution is 7.89. The van der Waals surface area contributed by atoms with E-state index in [0.29, 0.717) is 31.7 Å². The molecule has 1 fully saturated rings. The number of sulfonamides is 1. The second kappa shape index (κ2) is 12.5. The lowest BCUT2D eigenvalue weighted by atomic mass is 9.81. The minimum absolute atomic E-state index is 0.0169. The lowest BCUT2D eigenvalue weighted by Gasteiger charge is -2.39. The van der Waals surface area contributed by atoms with Crippen molar-refractivity contribution in [1.82, 2.24) is 4.72 Å². The van der Waals surface area contributed by atoms with Crippen molar-refractivity contribution < 1.29 is 27.1 Å². The molecule has 0 heterocycles. The summed E-state index contributed by atoms with van der Waals surface area (Å²) in [4.78, 5) is 20.3. The molecule has 3 rings (SSSR count). The topological polar surface area (TPSA) is 151 Å². The van der Waals surface area contributed by atoms with Gasteiger partial charge in [0.05, 0.1) is 15.9 Å². The van der Waals surface area contributed by atoms with Crippen LogP contribution in [0.1, 0.15) is 78.7 Å². The van der Waals surface area contributed by atoms with Gasteiger partial charge in [0.1, 0.15) is 11.5 Å². The molecule has 2 aromatic rings. The molecule has 0 atom stereocenters. The van der Waals surface area contributed by atoms with Gasteiger partial charge in [0.25, 0.3) is 11.4 Å². The number of hydrogen-bond acceptors (Lipinski definition) is 8. The lowest BCUT2D eigenvalue weighted by molar-refractivity contribution is -0.396. The molecule has 0 aliphatic heterocycles. The Morgan fingerprint density at radius 2 is 1.34 bits per heavy atom. The molecule has 2 aromatic carbocycles. The Morgan fingerprint density at radius 1 is 0.795 bits per heavy atom. The maximum absolute atomic E-state index is 13.2. The van der Waals surface area contributed by atoms with Gasteiger partial charge in [-0.2, -0.15) is 0 Å². The van der Waals surface area contributed by atoms with Crippen LogP contribution in [0.15, 0.2) is 41.3 Å². The molecule has 0 saturated heterocycles. The number of benzene rings is 2. The van der Waals surface area contributed by atoms with Crippen molar-refractivity contribution in [3.63, 3.8) is 0 Å². The van der Waals surface area contributed by atoms with Crippen molar-refractivity contribution in [3.05, 3.63) is 62.2 Å². The van der Waals surface area contributed by atoms with Gasteiger partial charge in [-0.05, 0) is 85.6 Å². The van der Waals surface area contributed by atoms with E-state index in [1.807, 2.05) is 12.1 Å². The van der Waals surface area contributed by atoms with E-state index in [4.69, 9.17) is 8.85 Å². The van der Waals surface area contributed by atoms with E-state index in [0.717, 1.165) is 29.2 Å². The van der Waals surface area contributed by atoms with Gasteiger partial charge in [-0.1, -0.05) is 47.6 Å². The van der Waals surface area contributed by atoms with Crippen LogP contribution >= 0.6 is 0 Å². The fraction of sp³-hybridized carbons (Fsp3) is 0.600. The molecule has 1 saturated carbocycles. The first-order valence-corrected chi connectivity index (χ1v) is 22.2. The predicted octanol–water partition coefficient (Wildman–Crippen LogP) is 8.28. The van der Waals surface area contributed by atoms with E-state index in [9.17, 15) is 28.6 Å². The first-order valence-electron chi connectivity index (χ1n) is 14.9. The zero-order valence-electron chi connectivity index (χ0n) is 27.5. The molecule has 0 unspecified atom stereocenters. The number of nitrogens with one attached hydrogen (secondary N) is 1. The van der Waals surface area contributed by atoms with Gasteiger partial charge in [0, 0.05) is 18.2 Å². The summed E-state index contributed by atoms with van der Waals surface area (Å²) in [5.41, 5.74) is -0.301. The summed E-state index contributed by atoms with van der Waals surface area (Å²) >= 11 is 0. The van der Waals surface area contributed by atoms with Gasteiger partial charge in [-0.15, -0.1) is 0 Å². The number of non-ortho nitro benzene ring substituents is 1. The molecule has 1 aliphatic carbocycles. The predicted molar refractivity (Wildman–Crippen MR) is 177 cm³/mol. The molecule has 0 spiro atoms. The second-order valence-corrected chi connectivity index (χ2v) is 25.9. The summed E-state index contributed by atoms with van der Waals surface area (Å²) in [6.45, 7) is 22.0. The monoisotopic (exact) mass is 665 g/mol. The molecule has 0 bridgehead atoms. The van der Waals surface area contributed by atoms with Crippen LogP contribution in [0.3, 0.4) is 0 Å². The lowest BCUT2D eigenvalue weighted by Crippen LogP contribution is -2.44. The first kappa shape index (κ1) is 35.7. The Kier molecular flexibility index (Phi) is 10.2. The van der Waals surface area contributed by atoms with Gasteiger partial charge >= 0.3 is 0 Å². The second-order valence-electron chi connectivity index (χ2n) is 14.8. The number of nitrogens with zero attached hydrogens (tertiary/aromatic N) is 2. The summed E-state index contributed by atoms with van der Waals surface area (Å²) < 4.78 is 42.4. The molecule has 1 aliphatic rings. The van der Waals surface area contributed by atoms with E-state index >= 15 is 0 Å². The molecular weight excluding hydrogens is 619 g/mol. The SMILES string of the molecule is CC(C)(C)[Si](C)(C)Oc1ccc([C@H]2CC[C@@H](NS(=O)(=O)c3ccc([N+](=O)[O-])cc3[N+](=O)[O-])CC2)c(O[Si](C)(C)C(C)(C)C)c1. The molecule has 1 N–H and O–H groups in total. The van der Waals surface area contributed by atoms with Crippen LogP contribution in [-0.2, 0) is 10.0 Å². The van der Waals surface area contributed by atoms with Crippen LogP contribution < -0.4 is 13.6 Å². The highest BCUT2D eigenvalue weighted by Gasteiger charge is 2.42. The van der Waals surface area contributed by atoms with Crippen LogP contribution in [-0.4, -0.2) is 40.9 Å². The molecular formula is C30H47N3O8SSi2. The van der Waals surface area contributed by atoms with Crippen molar-refractivity contribution in [1.29, 1.82) is 0 Å². The Balaban J connectivity index is 1.85. The summed E-state index contributed by atoms with van der Waals surface area (Å²) in [7, 11) is -8.58. The number of hydrogen-bond donors (Lipinski definition) is 1. The van der Waals surface area contributed by atoms with E-state index in [2.05, 4.69) is 78.5 Å². The van der Waals surface area contributed by atoms with Crippen molar-refractivity contribution in [2.75, 3.05) is 0 Å². The van der Waals surface area contributed by atoms with E-state index < -0.39 is 58.8 Å². The molecule has 14 heteroatoms. The highest BCUT2D eigenvalue weighted by atomic mass is 32.2. The average molecular weight is 666 g/mol. The zero-order chi connectivity index (χ0) is 33.5. The summed E-state index contributed by atoms with van der Waals surface area (Å²) in [6.07, 6.45) is 2.41. The largest absolute Gasteiger partial charge is 0.543 e. The highest BCUT2D eigenvalue weighted by Crippen LogP contribution is 2.45. The van der Waals surface area contributed by atoms with Crippen LogP contribution in [0.25, 0.3) is 0 Å². The zero-order valence-corrected chi connectivity index (χ0v) is 30.3. The first-order chi connectivity index (χ1) is 19.9. The summed E-state index contributed by atoms with van der Waals surface area (Å²) in [5, 5.41) is 22.6. The van der Waals surface area contributed by atoms with E-state index in [1.165, 1.54) is 0 Å². The standard InChI is InChI=1S/C30H47N3O8SSi2/c1-29(2,3)43(7,8)40-24-16-17-25(27(20-24)41-44(9,10)30(4,5)6)21-11-13-22(14-12-21)31-42(38,39)28-18-15-23(32(34)35)19-26(28)33(36)37/h15-22,31H,11-14H2,1-10H3/t21-,22+. The smallest absolute Gasteiger partial charge is 0.296 e. The minimum Gasteiger partial charge on any atom is -0.543 e. The van der Waals surface area contributed by atoms with Crippen LogP contribution in [0.5, 0.6) is 11.5 Å². The van der Waals surface area contributed by atoms with Crippen LogP contribution in [0.4, 0.5) is 11.4 Å². The fourth-order valence-corrected chi connectivity index (χ4v) is 8.19. The van der Waals surface area contributed by atoms with Gasteiger partial charge < -0.3 is 8.85 Å². The third-order valence-corrected chi connectivity index (χ3v) is 19.7. The number of nitro benzene ring substituents is 2. The summed E-state index contributed by atoms with van der Waals surface area (Å²) in [6, 6.07) is 8.24. The fourth-order valence-electron chi connectivity index (χ4n) is 4.67. The van der Waals surface area contributed by atoms with Gasteiger partial charge in [0.2, 0.25) is 26.7 Å². The third-order valence-electron chi connectivity index (χ3n) is 9.46. The van der Waals surface area contributed by atoms with E-state index in [-0.39, 0.29) is 16.0 Å². The maximum Gasteiger partial charge on any atom is 0.296 e. The maximum atomic E-state index is 13.2. The van der Waals surface area contributed by atoms with Crippen LogP contribution in [0, 0.1) is 20.2 Å². The Bertz CT molecular complexity index is 1510. The third kappa shape index (κ3) is 8.06. The summed E-state index contributed by atoms with van der Waals surface area (Å²) in [5.74, 6) is 1.74.